The average Bonchev–Trinajstić information content (AvgIpc) is 2.34. The fraction of sp³-hybridized carbons (Fsp3) is 0.444. The quantitative estimate of drug-likeness (QED) is 0.732. The summed E-state index contributed by atoms with van der Waals surface area (Å²) in [5.41, 5.74) is 5.51. The molecule has 0 fully saturated rings. The predicted molar refractivity (Wildman–Crippen MR) is 52.5 cm³/mol. The molecule has 0 atom stereocenters. The van der Waals surface area contributed by atoms with Gasteiger partial charge in [-0.15, -0.1) is 11.3 Å². The third-order valence-electron chi connectivity index (χ3n) is 1.50. The van der Waals surface area contributed by atoms with E-state index in [4.69, 9.17) is 5.73 Å². The van der Waals surface area contributed by atoms with E-state index in [-0.39, 0.29) is 5.78 Å². The molecule has 1 rings (SSSR count). The number of carbonyl (C=O) groups is 1. The first-order chi connectivity index (χ1) is 5.59. The van der Waals surface area contributed by atoms with Crippen LogP contribution in [-0.4, -0.2) is 5.78 Å². The van der Waals surface area contributed by atoms with Gasteiger partial charge in [-0.1, -0.05) is 13.8 Å². The van der Waals surface area contributed by atoms with Gasteiger partial charge in [-0.25, -0.2) is 0 Å². The second kappa shape index (κ2) is 3.72. The number of thiophene rings is 1. The highest BCUT2D eigenvalue weighted by molar-refractivity contribution is 7.17. The molecule has 1 aromatic heterocycles. The van der Waals surface area contributed by atoms with E-state index in [0.29, 0.717) is 17.3 Å². The molecule has 0 aliphatic heterocycles. The minimum Gasteiger partial charge on any atom is -0.391 e. The molecule has 0 unspecified atom stereocenters. The van der Waals surface area contributed by atoms with Gasteiger partial charge in [-0.05, 0) is 18.1 Å². The second-order valence-corrected chi connectivity index (χ2v) is 4.34. The van der Waals surface area contributed by atoms with Gasteiger partial charge in [0.2, 0.25) is 0 Å². The van der Waals surface area contributed by atoms with Crippen LogP contribution >= 0.6 is 11.3 Å². The number of nitrogen functional groups attached to an aromatic ring is 1. The summed E-state index contributed by atoms with van der Waals surface area (Å²) in [5, 5.41) is 0.710. The third kappa shape index (κ3) is 2.34. The highest BCUT2D eigenvalue weighted by atomic mass is 32.1. The van der Waals surface area contributed by atoms with Gasteiger partial charge in [0.25, 0.3) is 0 Å². The number of anilines is 1. The third-order valence-corrected chi connectivity index (χ3v) is 2.45. The zero-order valence-electron chi connectivity index (χ0n) is 7.33. The van der Waals surface area contributed by atoms with Gasteiger partial charge in [0.05, 0.1) is 9.88 Å². The van der Waals surface area contributed by atoms with Crippen LogP contribution in [-0.2, 0) is 0 Å². The Bertz CT molecular complexity index is 278. The van der Waals surface area contributed by atoms with Gasteiger partial charge in [-0.2, -0.15) is 0 Å². The minimum atomic E-state index is 0.201. The Morgan fingerprint density at radius 2 is 2.25 bits per heavy atom. The fourth-order valence-corrected chi connectivity index (χ4v) is 1.70. The van der Waals surface area contributed by atoms with E-state index >= 15 is 0 Å². The van der Waals surface area contributed by atoms with Crippen molar-refractivity contribution in [3.63, 3.8) is 0 Å². The summed E-state index contributed by atoms with van der Waals surface area (Å²) in [5.74, 6) is 0.618. The molecule has 1 aromatic rings. The van der Waals surface area contributed by atoms with E-state index in [0.717, 1.165) is 4.88 Å². The standard InChI is InChI=1S/C9H13NOS/c1-6(2)5-7(11)8-3-4-9(10)12-8/h3-4,6H,5,10H2,1-2H3. The first kappa shape index (κ1) is 9.26. The topological polar surface area (TPSA) is 43.1 Å². The van der Waals surface area contributed by atoms with Crippen LogP contribution in [0.25, 0.3) is 0 Å². The molecule has 0 amide bonds. The molecule has 0 aromatic carbocycles. The maximum Gasteiger partial charge on any atom is 0.173 e. The molecule has 1 heterocycles. The van der Waals surface area contributed by atoms with E-state index < -0.39 is 0 Å². The van der Waals surface area contributed by atoms with Crippen LogP contribution < -0.4 is 5.73 Å². The summed E-state index contributed by atoms with van der Waals surface area (Å²) < 4.78 is 0. The van der Waals surface area contributed by atoms with Crippen molar-refractivity contribution >= 4 is 22.1 Å². The van der Waals surface area contributed by atoms with E-state index in [1.54, 1.807) is 12.1 Å². The molecule has 0 radical (unpaired) electrons. The lowest BCUT2D eigenvalue weighted by Gasteiger charge is -2.00. The number of hydrogen-bond acceptors (Lipinski definition) is 3. The zero-order chi connectivity index (χ0) is 9.14. The Hall–Kier alpha value is -0.830. The number of hydrogen-bond donors (Lipinski definition) is 1. The molecule has 2 nitrogen and oxygen atoms in total. The van der Waals surface area contributed by atoms with Crippen LogP contribution in [0.4, 0.5) is 5.00 Å². The summed E-state index contributed by atoms with van der Waals surface area (Å²) >= 11 is 1.37. The van der Waals surface area contributed by atoms with Crippen molar-refractivity contribution in [3.05, 3.63) is 17.0 Å². The van der Waals surface area contributed by atoms with E-state index in [2.05, 4.69) is 0 Å². The summed E-state index contributed by atoms with van der Waals surface area (Å²) in [6.07, 6.45) is 0.611. The van der Waals surface area contributed by atoms with E-state index in [9.17, 15) is 4.79 Å². The van der Waals surface area contributed by atoms with Crippen LogP contribution in [0.15, 0.2) is 12.1 Å². The van der Waals surface area contributed by atoms with Gasteiger partial charge in [0.1, 0.15) is 0 Å². The van der Waals surface area contributed by atoms with E-state index in [1.165, 1.54) is 11.3 Å². The lowest BCUT2D eigenvalue weighted by Crippen LogP contribution is -2.00. The SMILES string of the molecule is CC(C)CC(=O)c1ccc(N)s1. The number of Topliss-reactive ketones (excluding diaryl/α,β-unsaturated/α-hetero) is 1. The predicted octanol–water partition coefficient (Wildman–Crippen LogP) is 2.56. The Morgan fingerprint density at radius 1 is 1.58 bits per heavy atom. The minimum absolute atomic E-state index is 0.201. The molecule has 2 N–H and O–H groups in total. The van der Waals surface area contributed by atoms with Crippen LogP contribution in [0.3, 0.4) is 0 Å². The average molecular weight is 183 g/mol. The van der Waals surface area contributed by atoms with Crippen molar-refractivity contribution in [1.82, 2.24) is 0 Å². The number of rotatable bonds is 3. The molecular formula is C9H13NOS. The fourth-order valence-electron chi connectivity index (χ4n) is 0.974. The molecule has 0 bridgehead atoms. The molecule has 12 heavy (non-hydrogen) atoms. The van der Waals surface area contributed by atoms with Crippen LogP contribution in [0.5, 0.6) is 0 Å². The van der Waals surface area contributed by atoms with Gasteiger partial charge in [0, 0.05) is 6.42 Å². The molecule has 3 heteroatoms. The van der Waals surface area contributed by atoms with Crippen molar-refractivity contribution < 1.29 is 4.79 Å². The van der Waals surface area contributed by atoms with E-state index in [1.807, 2.05) is 13.8 Å². The normalized spacial score (nSPS) is 10.6. The van der Waals surface area contributed by atoms with Crippen molar-refractivity contribution in [2.75, 3.05) is 5.73 Å². The van der Waals surface area contributed by atoms with Crippen LogP contribution in [0, 0.1) is 5.92 Å². The molecular weight excluding hydrogens is 170 g/mol. The maximum absolute atomic E-state index is 11.4. The Morgan fingerprint density at radius 3 is 2.67 bits per heavy atom. The zero-order valence-corrected chi connectivity index (χ0v) is 8.15. The smallest absolute Gasteiger partial charge is 0.173 e. The molecule has 0 saturated carbocycles. The highest BCUT2D eigenvalue weighted by Gasteiger charge is 2.09. The van der Waals surface area contributed by atoms with Crippen molar-refractivity contribution in [1.29, 1.82) is 0 Å². The van der Waals surface area contributed by atoms with Gasteiger partial charge < -0.3 is 5.73 Å². The molecule has 66 valence electrons. The first-order valence-electron chi connectivity index (χ1n) is 3.98. The van der Waals surface area contributed by atoms with Crippen molar-refractivity contribution in [2.24, 2.45) is 5.92 Å². The Labute approximate surface area is 76.4 Å². The molecule has 0 aliphatic rings. The van der Waals surface area contributed by atoms with Gasteiger partial charge in [0.15, 0.2) is 5.78 Å². The lowest BCUT2D eigenvalue weighted by atomic mass is 10.1. The second-order valence-electron chi connectivity index (χ2n) is 3.22. The number of nitrogens with two attached hydrogens (primary N) is 1. The number of ketones is 1. The van der Waals surface area contributed by atoms with Crippen LogP contribution in [0.2, 0.25) is 0 Å². The molecule has 0 saturated heterocycles. The van der Waals surface area contributed by atoms with Gasteiger partial charge >= 0.3 is 0 Å². The summed E-state index contributed by atoms with van der Waals surface area (Å²) in [6.45, 7) is 4.07. The summed E-state index contributed by atoms with van der Waals surface area (Å²) in [6, 6.07) is 3.57. The largest absolute Gasteiger partial charge is 0.391 e. The highest BCUT2D eigenvalue weighted by Crippen LogP contribution is 2.20. The summed E-state index contributed by atoms with van der Waals surface area (Å²) in [4.78, 5) is 12.2. The monoisotopic (exact) mass is 183 g/mol. The summed E-state index contributed by atoms with van der Waals surface area (Å²) in [7, 11) is 0. The molecule has 0 aliphatic carbocycles. The Kier molecular flexibility index (Phi) is 2.87. The van der Waals surface area contributed by atoms with Gasteiger partial charge in [-0.3, -0.25) is 4.79 Å². The Balaban J connectivity index is 2.65. The lowest BCUT2D eigenvalue weighted by molar-refractivity contribution is 0.0972. The van der Waals surface area contributed by atoms with Crippen molar-refractivity contribution in [3.8, 4) is 0 Å². The molecule has 0 spiro atoms. The maximum atomic E-state index is 11.4. The van der Waals surface area contributed by atoms with Crippen molar-refractivity contribution in [2.45, 2.75) is 20.3 Å². The number of carbonyl (C=O) groups excluding carboxylic acids is 1. The first-order valence-corrected chi connectivity index (χ1v) is 4.79. The van der Waals surface area contributed by atoms with Crippen LogP contribution in [0.1, 0.15) is 29.9 Å².